The minimum absolute atomic E-state index is 0.0449. The second kappa shape index (κ2) is 7.62. The van der Waals surface area contributed by atoms with Gasteiger partial charge in [0.05, 0.1) is 19.1 Å². The van der Waals surface area contributed by atoms with E-state index < -0.39 is 5.63 Å². The molecule has 0 saturated carbocycles. The third-order valence-electron chi connectivity index (χ3n) is 4.21. The molecule has 134 valence electrons. The van der Waals surface area contributed by atoms with Crippen LogP contribution in [0.2, 0.25) is 5.02 Å². The molecule has 1 heterocycles. The lowest BCUT2D eigenvalue weighted by Gasteiger charge is -2.09. The lowest BCUT2D eigenvalue weighted by atomic mass is 10.0. The van der Waals surface area contributed by atoms with Crippen molar-refractivity contribution < 1.29 is 13.9 Å². The highest BCUT2D eigenvalue weighted by Crippen LogP contribution is 2.24. The molecule has 3 aromatic rings. The first kappa shape index (κ1) is 18.0. The number of aryl methyl sites for hydroxylation is 1. The number of ether oxygens (including phenoxy) is 1. The molecular formula is C20H18ClNO4. The fourth-order valence-corrected chi connectivity index (χ4v) is 2.99. The van der Waals surface area contributed by atoms with Crippen molar-refractivity contribution >= 4 is 28.5 Å². The Balaban J connectivity index is 1.79. The van der Waals surface area contributed by atoms with Gasteiger partial charge >= 0.3 is 5.63 Å². The fraction of sp³-hybridized carbons (Fsp3) is 0.200. The van der Waals surface area contributed by atoms with Gasteiger partial charge in [-0.25, -0.2) is 4.79 Å². The lowest BCUT2D eigenvalue weighted by Crippen LogP contribution is -2.27. The molecule has 26 heavy (non-hydrogen) atoms. The van der Waals surface area contributed by atoms with Gasteiger partial charge in [-0.2, -0.15) is 0 Å². The molecule has 1 N–H and O–H groups in total. The van der Waals surface area contributed by atoms with Crippen LogP contribution in [0, 0.1) is 6.92 Å². The highest BCUT2D eigenvalue weighted by Gasteiger charge is 2.15. The zero-order valence-electron chi connectivity index (χ0n) is 14.5. The normalized spacial score (nSPS) is 10.7. The van der Waals surface area contributed by atoms with E-state index in [1.165, 1.54) is 0 Å². The van der Waals surface area contributed by atoms with Crippen molar-refractivity contribution in [3.8, 4) is 5.75 Å². The molecule has 0 unspecified atom stereocenters. The Kier molecular flexibility index (Phi) is 5.28. The molecule has 0 saturated heterocycles. The molecule has 0 spiro atoms. The first-order chi connectivity index (χ1) is 12.5. The van der Waals surface area contributed by atoms with E-state index in [0.29, 0.717) is 28.5 Å². The Morgan fingerprint density at radius 2 is 2.04 bits per heavy atom. The molecule has 5 nitrogen and oxygen atoms in total. The third-order valence-corrected chi connectivity index (χ3v) is 4.45. The van der Waals surface area contributed by atoms with E-state index in [4.69, 9.17) is 20.8 Å². The molecule has 3 rings (SSSR count). The molecule has 0 aliphatic heterocycles. The fourth-order valence-electron chi connectivity index (χ4n) is 2.78. The molecular weight excluding hydrogens is 354 g/mol. The first-order valence-electron chi connectivity index (χ1n) is 8.09. The molecule has 6 heteroatoms. The minimum atomic E-state index is -0.513. The summed E-state index contributed by atoms with van der Waals surface area (Å²) in [6.45, 7) is 2.15. The van der Waals surface area contributed by atoms with Crippen LogP contribution in [0.4, 0.5) is 0 Å². The van der Waals surface area contributed by atoms with Gasteiger partial charge in [0.2, 0.25) is 5.91 Å². The average Bonchev–Trinajstić information content (AvgIpc) is 2.63. The standard InChI is InChI=1S/C20H18ClNO4/c1-12-16-7-6-15(25-2)9-18(16)26-20(24)17(12)10-19(23)22-11-13-4-3-5-14(21)8-13/h3-9H,10-11H2,1-2H3,(H,22,23). The van der Waals surface area contributed by atoms with Crippen molar-refractivity contribution in [2.75, 3.05) is 7.11 Å². The number of nitrogens with one attached hydrogen (secondary N) is 1. The van der Waals surface area contributed by atoms with E-state index in [1.54, 1.807) is 31.4 Å². The number of amides is 1. The second-order valence-corrected chi connectivity index (χ2v) is 6.38. The Morgan fingerprint density at radius 1 is 1.23 bits per heavy atom. The van der Waals surface area contributed by atoms with Crippen LogP contribution in [0.1, 0.15) is 16.7 Å². The van der Waals surface area contributed by atoms with Crippen LogP contribution in [0.5, 0.6) is 5.75 Å². The van der Waals surface area contributed by atoms with Crippen molar-refractivity contribution in [3.63, 3.8) is 0 Å². The van der Waals surface area contributed by atoms with Crippen LogP contribution < -0.4 is 15.7 Å². The smallest absolute Gasteiger partial charge is 0.340 e. The largest absolute Gasteiger partial charge is 0.497 e. The quantitative estimate of drug-likeness (QED) is 0.695. The van der Waals surface area contributed by atoms with E-state index in [0.717, 1.165) is 16.5 Å². The van der Waals surface area contributed by atoms with Gasteiger partial charge in [-0.3, -0.25) is 4.79 Å². The molecule has 0 radical (unpaired) electrons. The number of benzene rings is 2. The molecule has 0 fully saturated rings. The highest BCUT2D eigenvalue weighted by molar-refractivity contribution is 6.30. The zero-order valence-corrected chi connectivity index (χ0v) is 15.2. The van der Waals surface area contributed by atoms with Crippen LogP contribution in [0.15, 0.2) is 51.7 Å². The number of halogens is 1. The summed E-state index contributed by atoms with van der Waals surface area (Å²) >= 11 is 5.93. The molecule has 1 amide bonds. The number of hydrogen-bond donors (Lipinski definition) is 1. The lowest BCUT2D eigenvalue weighted by molar-refractivity contribution is -0.120. The Labute approximate surface area is 155 Å². The Hall–Kier alpha value is -2.79. The molecule has 0 aliphatic carbocycles. The number of fused-ring (bicyclic) bond motifs is 1. The Bertz CT molecular complexity index is 1030. The number of carbonyl (C=O) groups excluding carboxylic acids is 1. The van der Waals surface area contributed by atoms with Gasteiger partial charge in [0.15, 0.2) is 0 Å². The summed E-state index contributed by atoms with van der Waals surface area (Å²) in [7, 11) is 1.55. The van der Waals surface area contributed by atoms with Crippen molar-refractivity contribution in [2.45, 2.75) is 19.9 Å². The summed E-state index contributed by atoms with van der Waals surface area (Å²) < 4.78 is 10.5. The van der Waals surface area contributed by atoms with E-state index >= 15 is 0 Å². The highest BCUT2D eigenvalue weighted by atomic mass is 35.5. The maximum absolute atomic E-state index is 12.3. The maximum Gasteiger partial charge on any atom is 0.340 e. The first-order valence-corrected chi connectivity index (χ1v) is 8.47. The second-order valence-electron chi connectivity index (χ2n) is 5.94. The van der Waals surface area contributed by atoms with Crippen molar-refractivity contribution in [1.82, 2.24) is 5.32 Å². The molecule has 1 aromatic heterocycles. The van der Waals surface area contributed by atoms with Gasteiger partial charge in [0, 0.05) is 23.0 Å². The number of methoxy groups -OCH3 is 1. The van der Waals surface area contributed by atoms with Crippen molar-refractivity contribution in [2.24, 2.45) is 0 Å². The maximum atomic E-state index is 12.3. The van der Waals surface area contributed by atoms with Gasteiger partial charge in [-0.1, -0.05) is 23.7 Å². The summed E-state index contributed by atoms with van der Waals surface area (Å²) in [5.41, 5.74) is 1.90. The minimum Gasteiger partial charge on any atom is -0.497 e. The summed E-state index contributed by atoms with van der Waals surface area (Å²) in [6.07, 6.45) is -0.0449. The van der Waals surface area contributed by atoms with E-state index in [2.05, 4.69) is 5.32 Å². The van der Waals surface area contributed by atoms with Crippen LogP contribution in [-0.4, -0.2) is 13.0 Å². The van der Waals surface area contributed by atoms with Crippen molar-refractivity contribution in [3.05, 3.63) is 74.6 Å². The van der Waals surface area contributed by atoms with Crippen molar-refractivity contribution in [1.29, 1.82) is 0 Å². The predicted octanol–water partition coefficient (Wildman–Crippen LogP) is 3.62. The van der Waals surface area contributed by atoms with E-state index in [1.807, 2.05) is 25.1 Å². The van der Waals surface area contributed by atoms with Gasteiger partial charge in [-0.05, 0) is 42.3 Å². The van der Waals surface area contributed by atoms with Gasteiger partial charge in [-0.15, -0.1) is 0 Å². The van der Waals surface area contributed by atoms with E-state index in [-0.39, 0.29) is 12.3 Å². The van der Waals surface area contributed by atoms with Crippen LogP contribution >= 0.6 is 11.6 Å². The summed E-state index contributed by atoms with van der Waals surface area (Å²) in [4.78, 5) is 24.6. The SMILES string of the molecule is COc1ccc2c(C)c(CC(=O)NCc3cccc(Cl)c3)c(=O)oc2c1. The Morgan fingerprint density at radius 3 is 2.77 bits per heavy atom. The third kappa shape index (κ3) is 3.89. The van der Waals surface area contributed by atoms with Gasteiger partial charge in [0.1, 0.15) is 11.3 Å². The van der Waals surface area contributed by atoms with Crippen LogP contribution in [0.3, 0.4) is 0 Å². The topological polar surface area (TPSA) is 68.5 Å². The summed E-state index contributed by atoms with van der Waals surface area (Å²) in [5.74, 6) is 0.348. The van der Waals surface area contributed by atoms with Gasteiger partial charge < -0.3 is 14.5 Å². The monoisotopic (exact) mass is 371 g/mol. The van der Waals surface area contributed by atoms with E-state index in [9.17, 15) is 9.59 Å². The predicted molar refractivity (Wildman–Crippen MR) is 101 cm³/mol. The number of rotatable bonds is 5. The van der Waals surface area contributed by atoms with Crippen LogP contribution in [-0.2, 0) is 17.8 Å². The molecule has 0 atom stereocenters. The van der Waals surface area contributed by atoms with Gasteiger partial charge in [0.25, 0.3) is 0 Å². The molecule has 0 bridgehead atoms. The summed E-state index contributed by atoms with van der Waals surface area (Å²) in [6, 6.07) is 12.5. The number of hydrogen-bond acceptors (Lipinski definition) is 4. The average molecular weight is 372 g/mol. The molecule has 2 aromatic carbocycles. The zero-order chi connectivity index (χ0) is 18.7. The summed E-state index contributed by atoms with van der Waals surface area (Å²) in [5, 5.41) is 4.19. The molecule has 0 aliphatic rings. The number of carbonyl (C=O) groups is 1. The van der Waals surface area contributed by atoms with Crippen LogP contribution in [0.25, 0.3) is 11.0 Å².